The highest BCUT2D eigenvalue weighted by atomic mass is 16.5. The van der Waals surface area contributed by atoms with Crippen LogP contribution in [0.2, 0.25) is 0 Å². The van der Waals surface area contributed by atoms with E-state index in [4.69, 9.17) is 9.47 Å². The zero-order valence-electron chi connectivity index (χ0n) is 17.2. The van der Waals surface area contributed by atoms with Gasteiger partial charge in [0, 0.05) is 45.0 Å². The van der Waals surface area contributed by atoms with E-state index in [1.54, 1.807) is 32.2 Å². The molecule has 2 aromatic carbocycles. The number of amides is 2. The van der Waals surface area contributed by atoms with Gasteiger partial charge < -0.3 is 19.7 Å². The van der Waals surface area contributed by atoms with Crippen LogP contribution in [0.3, 0.4) is 0 Å². The van der Waals surface area contributed by atoms with Crippen LogP contribution in [-0.2, 0) is 11.3 Å². The molecule has 1 aliphatic heterocycles. The molecular formula is C23H28N2O4. The average molecular weight is 396 g/mol. The predicted molar refractivity (Wildman–Crippen MR) is 111 cm³/mol. The summed E-state index contributed by atoms with van der Waals surface area (Å²) in [5.41, 5.74) is 2.74. The van der Waals surface area contributed by atoms with E-state index in [0.29, 0.717) is 36.7 Å². The van der Waals surface area contributed by atoms with Gasteiger partial charge in [-0.25, -0.2) is 0 Å². The first-order valence-corrected chi connectivity index (χ1v) is 9.90. The number of hydrogen-bond donors (Lipinski definition) is 1. The van der Waals surface area contributed by atoms with Crippen LogP contribution in [0, 0.1) is 6.92 Å². The Hall–Kier alpha value is -3.02. The second-order valence-electron chi connectivity index (χ2n) is 7.36. The summed E-state index contributed by atoms with van der Waals surface area (Å²) in [5, 5.41) is 2.95. The molecule has 0 saturated carbocycles. The summed E-state index contributed by atoms with van der Waals surface area (Å²) in [5.74, 6) is 1.07. The fraction of sp³-hybridized carbons (Fsp3) is 0.391. The topological polar surface area (TPSA) is 67.9 Å². The van der Waals surface area contributed by atoms with Gasteiger partial charge in [0.25, 0.3) is 5.91 Å². The monoisotopic (exact) mass is 396 g/mol. The maximum absolute atomic E-state index is 12.6. The number of rotatable bonds is 6. The minimum atomic E-state index is -0.162. The Kier molecular flexibility index (Phi) is 6.75. The van der Waals surface area contributed by atoms with Crippen LogP contribution in [-0.4, -0.2) is 43.0 Å². The number of nitrogens with one attached hydrogen (secondary N) is 1. The van der Waals surface area contributed by atoms with E-state index in [9.17, 15) is 9.59 Å². The summed E-state index contributed by atoms with van der Waals surface area (Å²) in [7, 11) is 1.58. The van der Waals surface area contributed by atoms with Crippen LogP contribution in [0.25, 0.3) is 0 Å². The second kappa shape index (κ2) is 9.45. The van der Waals surface area contributed by atoms with E-state index < -0.39 is 0 Å². The van der Waals surface area contributed by atoms with Crippen molar-refractivity contribution in [2.24, 2.45) is 0 Å². The van der Waals surface area contributed by atoms with Crippen molar-refractivity contribution in [2.45, 2.75) is 39.3 Å². The molecule has 6 heteroatoms. The lowest BCUT2D eigenvalue weighted by molar-refractivity contribution is -0.130. The fourth-order valence-electron chi connectivity index (χ4n) is 3.48. The van der Waals surface area contributed by atoms with Crippen molar-refractivity contribution >= 4 is 11.8 Å². The van der Waals surface area contributed by atoms with E-state index in [-0.39, 0.29) is 17.9 Å². The normalized spacial score (nSPS) is 14.4. The number of benzene rings is 2. The zero-order chi connectivity index (χ0) is 20.8. The molecule has 2 amide bonds. The molecule has 1 fully saturated rings. The van der Waals surface area contributed by atoms with E-state index in [2.05, 4.69) is 11.4 Å². The first-order chi connectivity index (χ1) is 14.0. The summed E-state index contributed by atoms with van der Waals surface area (Å²) in [6.07, 6.45) is 1.50. The Bertz CT molecular complexity index is 873. The van der Waals surface area contributed by atoms with Crippen molar-refractivity contribution in [3.8, 4) is 11.5 Å². The Morgan fingerprint density at radius 3 is 2.52 bits per heavy atom. The molecule has 0 aromatic heterocycles. The Morgan fingerprint density at radius 2 is 1.86 bits per heavy atom. The molecule has 0 atom stereocenters. The Balaban J connectivity index is 1.65. The molecule has 3 rings (SSSR count). The van der Waals surface area contributed by atoms with Crippen LogP contribution < -0.4 is 14.8 Å². The summed E-state index contributed by atoms with van der Waals surface area (Å²) in [4.78, 5) is 25.9. The molecule has 154 valence electrons. The quantitative estimate of drug-likeness (QED) is 0.813. The highest BCUT2D eigenvalue weighted by Gasteiger charge is 2.23. The van der Waals surface area contributed by atoms with Gasteiger partial charge in [-0.2, -0.15) is 0 Å². The number of ether oxygens (including phenoxy) is 2. The van der Waals surface area contributed by atoms with Crippen LogP contribution in [0.1, 0.15) is 41.3 Å². The van der Waals surface area contributed by atoms with Crippen molar-refractivity contribution < 1.29 is 19.1 Å². The van der Waals surface area contributed by atoms with Crippen molar-refractivity contribution in [1.29, 1.82) is 0 Å². The molecule has 1 heterocycles. The number of aryl methyl sites for hydroxylation is 1. The van der Waals surface area contributed by atoms with E-state index in [1.807, 2.05) is 30.0 Å². The van der Waals surface area contributed by atoms with Crippen molar-refractivity contribution in [3.05, 3.63) is 59.2 Å². The smallest absolute Gasteiger partial charge is 0.251 e. The number of carbonyl (C=O) groups is 2. The van der Waals surface area contributed by atoms with Crippen LogP contribution >= 0.6 is 0 Å². The Labute approximate surface area is 171 Å². The maximum atomic E-state index is 12.6. The third kappa shape index (κ3) is 5.50. The molecule has 0 radical (unpaired) electrons. The molecule has 1 saturated heterocycles. The van der Waals surface area contributed by atoms with E-state index in [0.717, 1.165) is 24.0 Å². The minimum Gasteiger partial charge on any atom is -0.493 e. The standard InChI is InChI=1S/C23H28N2O4/c1-16-5-4-6-18(13-16)15-24-23(27)19-7-8-21(28-3)22(14-19)29-20-9-11-25(12-10-20)17(2)26/h4-8,13-14,20H,9-12,15H2,1-3H3,(H,24,27). The van der Waals surface area contributed by atoms with Gasteiger partial charge in [0.05, 0.1) is 7.11 Å². The first-order valence-electron chi connectivity index (χ1n) is 9.90. The molecule has 6 nitrogen and oxygen atoms in total. The number of carbonyl (C=O) groups excluding carboxylic acids is 2. The SMILES string of the molecule is COc1ccc(C(=O)NCc2cccc(C)c2)cc1OC1CCN(C(C)=O)CC1. The predicted octanol–water partition coefficient (Wildman–Crippen LogP) is 3.32. The molecule has 0 spiro atoms. The molecule has 0 unspecified atom stereocenters. The van der Waals surface area contributed by atoms with Crippen molar-refractivity contribution in [1.82, 2.24) is 10.2 Å². The van der Waals surface area contributed by atoms with E-state index in [1.165, 1.54) is 0 Å². The van der Waals surface area contributed by atoms with Gasteiger partial charge in [-0.1, -0.05) is 29.8 Å². The largest absolute Gasteiger partial charge is 0.493 e. The zero-order valence-corrected chi connectivity index (χ0v) is 17.2. The number of piperidine rings is 1. The number of methoxy groups -OCH3 is 1. The number of nitrogens with zero attached hydrogens (tertiary/aromatic N) is 1. The van der Waals surface area contributed by atoms with Crippen LogP contribution in [0.15, 0.2) is 42.5 Å². The molecule has 1 aliphatic rings. The van der Waals surface area contributed by atoms with Gasteiger partial charge in [-0.3, -0.25) is 9.59 Å². The highest BCUT2D eigenvalue weighted by molar-refractivity contribution is 5.94. The maximum Gasteiger partial charge on any atom is 0.251 e. The summed E-state index contributed by atoms with van der Waals surface area (Å²) in [6.45, 7) is 5.44. The van der Waals surface area contributed by atoms with Crippen molar-refractivity contribution in [3.63, 3.8) is 0 Å². The van der Waals surface area contributed by atoms with Gasteiger partial charge >= 0.3 is 0 Å². The minimum absolute atomic E-state index is 0.00916. The Morgan fingerprint density at radius 1 is 1.10 bits per heavy atom. The molecule has 0 aliphatic carbocycles. The number of likely N-dealkylation sites (tertiary alicyclic amines) is 1. The van der Waals surface area contributed by atoms with E-state index >= 15 is 0 Å². The summed E-state index contributed by atoms with van der Waals surface area (Å²) in [6, 6.07) is 13.3. The van der Waals surface area contributed by atoms with Crippen molar-refractivity contribution in [2.75, 3.05) is 20.2 Å². The van der Waals surface area contributed by atoms with Gasteiger partial charge in [-0.15, -0.1) is 0 Å². The van der Waals surface area contributed by atoms with Gasteiger partial charge in [0.1, 0.15) is 6.10 Å². The molecule has 2 aromatic rings. The third-order valence-corrected chi connectivity index (χ3v) is 5.14. The molecule has 1 N–H and O–H groups in total. The number of hydrogen-bond acceptors (Lipinski definition) is 4. The van der Waals surface area contributed by atoms with Crippen LogP contribution in [0.5, 0.6) is 11.5 Å². The third-order valence-electron chi connectivity index (χ3n) is 5.14. The lowest BCUT2D eigenvalue weighted by Gasteiger charge is -2.31. The van der Waals surface area contributed by atoms with Crippen LogP contribution in [0.4, 0.5) is 0 Å². The lowest BCUT2D eigenvalue weighted by Crippen LogP contribution is -2.40. The van der Waals surface area contributed by atoms with Gasteiger partial charge in [0.2, 0.25) is 5.91 Å². The summed E-state index contributed by atoms with van der Waals surface area (Å²) >= 11 is 0. The average Bonchev–Trinajstić information content (AvgIpc) is 2.72. The fourth-order valence-corrected chi connectivity index (χ4v) is 3.48. The summed E-state index contributed by atoms with van der Waals surface area (Å²) < 4.78 is 11.5. The first kappa shape index (κ1) is 20.7. The van der Waals surface area contributed by atoms with Gasteiger partial charge in [0.15, 0.2) is 11.5 Å². The lowest BCUT2D eigenvalue weighted by atomic mass is 10.1. The molecule has 0 bridgehead atoms. The molecule has 29 heavy (non-hydrogen) atoms. The molecular weight excluding hydrogens is 368 g/mol. The highest BCUT2D eigenvalue weighted by Crippen LogP contribution is 2.31. The second-order valence-corrected chi connectivity index (χ2v) is 7.36. The van der Waals surface area contributed by atoms with Gasteiger partial charge in [-0.05, 0) is 30.7 Å².